The smallest absolute Gasteiger partial charge is 0.209 e. The molecule has 1 N–H and O–H groups in total. The normalized spacial score (nSPS) is 14.2. The molecule has 0 rings (SSSR count). The summed E-state index contributed by atoms with van der Waals surface area (Å²) in [6, 6.07) is 0. The summed E-state index contributed by atoms with van der Waals surface area (Å²) in [4.78, 5) is 30.3. The minimum Gasteiger partial charge on any atom is -0.345 e. The summed E-state index contributed by atoms with van der Waals surface area (Å²) in [6.45, 7) is 3.47. The van der Waals surface area contributed by atoms with Gasteiger partial charge in [0.15, 0.2) is 16.7 Å². The largest absolute Gasteiger partial charge is 0.345 e. The van der Waals surface area contributed by atoms with E-state index in [0.29, 0.717) is 0 Å². The van der Waals surface area contributed by atoms with Crippen LogP contribution in [0, 0.1) is 0 Å². The molecule has 0 aliphatic carbocycles. The fraction of sp³-hybridized carbons (Fsp3) is 0.667. The van der Waals surface area contributed by atoms with Gasteiger partial charge in [-0.15, -0.1) is 0 Å². The molecular formula is C6H11O4P. The summed E-state index contributed by atoms with van der Waals surface area (Å²) >= 11 is 0. The van der Waals surface area contributed by atoms with Crippen molar-refractivity contribution < 1.29 is 19.0 Å². The molecule has 0 aromatic rings. The fourth-order valence-corrected chi connectivity index (χ4v) is 1.15. The van der Waals surface area contributed by atoms with Gasteiger partial charge in [-0.05, 0) is 20.8 Å². The summed E-state index contributed by atoms with van der Waals surface area (Å²) in [5.74, 6) is -1.12. The maximum absolute atomic E-state index is 10.8. The molecule has 1 atom stereocenters. The lowest BCUT2D eigenvalue weighted by Gasteiger charge is -2.18. The summed E-state index contributed by atoms with van der Waals surface area (Å²) < 4.78 is 10.6. The SMILES string of the molecule is CC(=O)C(C)(C(C)=O)[PH](=O)O. The molecule has 0 aliphatic heterocycles. The van der Waals surface area contributed by atoms with Crippen molar-refractivity contribution in [3.63, 3.8) is 0 Å². The third-order valence-electron chi connectivity index (χ3n) is 1.84. The molecule has 0 saturated carbocycles. The van der Waals surface area contributed by atoms with E-state index < -0.39 is 24.8 Å². The van der Waals surface area contributed by atoms with Crippen LogP contribution in [0.4, 0.5) is 0 Å². The van der Waals surface area contributed by atoms with Gasteiger partial charge in [0, 0.05) is 0 Å². The Kier molecular flexibility index (Phi) is 3.14. The predicted molar refractivity (Wildman–Crippen MR) is 41.0 cm³/mol. The molecule has 0 aromatic heterocycles. The summed E-state index contributed by atoms with van der Waals surface area (Å²) in [5.41, 5.74) is 0. The van der Waals surface area contributed by atoms with Crippen LogP contribution >= 0.6 is 8.03 Å². The second-order valence-electron chi connectivity index (χ2n) is 2.54. The minimum absolute atomic E-state index is 0.559. The van der Waals surface area contributed by atoms with Gasteiger partial charge in [0.1, 0.15) is 0 Å². The number of carbonyl (C=O) groups excluding carboxylic acids is 2. The Hall–Kier alpha value is -0.470. The Labute approximate surface area is 65.5 Å². The minimum atomic E-state index is -3.12. The highest BCUT2D eigenvalue weighted by atomic mass is 31.1. The van der Waals surface area contributed by atoms with Gasteiger partial charge in [-0.25, -0.2) is 0 Å². The zero-order valence-corrected chi connectivity index (χ0v) is 7.67. The quantitative estimate of drug-likeness (QED) is 0.501. The van der Waals surface area contributed by atoms with Crippen molar-refractivity contribution in [2.24, 2.45) is 0 Å². The molecule has 0 aromatic carbocycles. The highest BCUT2D eigenvalue weighted by Crippen LogP contribution is 2.36. The van der Waals surface area contributed by atoms with Crippen LogP contribution in [-0.4, -0.2) is 21.6 Å². The Morgan fingerprint density at radius 1 is 1.27 bits per heavy atom. The van der Waals surface area contributed by atoms with Crippen molar-refractivity contribution in [1.29, 1.82) is 0 Å². The molecule has 5 heteroatoms. The topological polar surface area (TPSA) is 71.4 Å². The average molecular weight is 178 g/mol. The second-order valence-corrected chi connectivity index (χ2v) is 4.15. The zero-order valence-electron chi connectivity index (χ0n) is 6.67. The third-order valence-corrected chi connectivity index (χ3v) is 3.40. The third kappa shape index (κ3) is 1.76. The number of Topliss-reactive ketones (excluding diaryl/α,β-unsaturated/α-hetero) is 2. The lowest BCUT2D eigenvalue weighted by Crippen LogP contribution is -2.36. The van der Waals surface area contributed by atoms with Gasteiger partial charge in [-0.2, -0.15) is 0 Å². The molecular weight excluding hydrogens is 167 g/mol. The molecule has 1 unspecified atom stereocenters. The predicted octanol–water partition coefficient (Wildman–Crippen LogP) is 0.390. The molecule has 4 nitrogen and oxygen atoms in total. The van der Waals surface area contributed by atoms with Crippen LogP contribution in [0.25, 0.3) is 0 Å². The molecule has 64 valence electrons. The van der Waals surface area contributed by atoms with Crippen molar-refractivity contribution >= 4 is 19.6 Å². The van der Waals surface area contributed by atoms with Gasteiger partial charge in [-0.1, -0.05) is 0 Å². The standard InChI is InChI=1S/C6H11O4P/c1-4(7)6(3,5(2)8)11(9)10/h11H,1-3H3,(H,9,10). The second kappa shape index (κ2) is 3.28. The molecule has 0 amide bonds. The summed E-state index contributed by atoms with van der Waals surface area (Å²) in [5, 5.41) is -1.68. The average Bonchev–Trinajstić information content (AvgIpc) is 1.84. The first-order valence-electron chi connectivity index (χ1n) is 3.09. The van der Waals surface area contributed by atoms with Gasteiger partial charge in [0.2, 0.25) is 8.03 Å². The first-order chi connectivity index (χ1) is 4.83. The van der Waals surface area contributed by atoms with E-state index in [1.54, 1.807) is 0 Å². The van der Waals surface area contributed by atoms with E-state index in [4.69, 9.17) is 4.89 Å². The van der Waals surface area contributed by atoms with Gasteiger partial charge in [0.05, 0.1) is 0 Å². The molecule has 11 heavy (non-hydrogen) atoms. The molecule has 0 aliphatic rings. The first-order valence-corrected chi connectivity index (χ1v) is 4.44. The van der Waals surface area contributed by atoms with Crippen molar-refractivity contribution in [1.82, 2.24) is 0 Å². The first kappa shape index (κ1) is 10.5. The van der Waals surface area contributed by atoms with E-state index in [2.05, 4.69) is 0 Å². The summed E-state index contributed by atoms with van der Waals surface area (Å²) in [6.07, 6.45) is 0. The van der Waals surface area contributed by atoms with E-state index in [1.165, 1.54) is 6.92 Å². The monoisotopic (exact) mass is 178 g/mol. The highest BCUT2D eigenvalue weighted by Gasteiger charge is 2.40. The van der Waals surface area contributed by atoms with Gasteiger partial charge >= 0.3 is 0 Å². The maximum atomic E-state index is 10.8. The molecule has 0 bridgehead atoms. The Morgan fingerprint density at radius 2 is 1.55 bits per heavy atom. The molecule has 0 fully saturated rings. The van der Waals surface area contributed by atoms with Crippen LogP contribution in [-0.2, 0) is 14.2 Å². The number of hydrogen-bond acceptors (Lipinski definition) is 3. The van der Waals surface area contributed by atoms with E-state index in [-0.39, 0.29) is 0 Å². The van der Waals surface area contributed by atoms with Crippen molar-refractivity contribution in [2.75, 3.05) is 0 Å². The van der Waals surface area contributed by atoms with Crippen LogP contribution in [0.15, 0.2) is 0 Å². The Bertz CT molecular complexity index is 185. The molecule has 0 radical (unpaired) electrons. The number of rotatable bonds is 3. The number of carbonyl (C=O) groups is 2. The van der Waals surface area contributed by atoms with Gasteiger partial charge in [-0.3, -0.25) is 14.2 Å². The number of ketones is 2. The van der Waals surface area contributed by atoms with Crippen molar-refractivity contribution in [3.05, 3.63) is 0 Å². The van der Waals surface area contributed by atoms with Crippen LogP contribution < -0.4 is 0 Å². The van der Waals surface area contributed by atoms with E-state index in [1.807, 2.05) is 0 Å². The highest BCUT2D eigenvalue weighted by molar-refractivity contribution is 7.43. The van der Waals surface area contributed by atoms with Gasteiger partial charge < -0.3 is 4.89 Å². The van der Waals surface area contributed by atoms with Crippen LogP contribution in [0.2, 0.25) is 0 Å². The molecule has 0 spiro atoms. The maximum Gasteiger partial charge on any atom is 0.209 e. The molecule has 0 saturated heterocycles. The Morgan fingerprint density at radius 3 is 1.55 bits per heavy atom. The summed E-state index contributed by atoms with van der Waals surface area (Å²) in [7, 11) is -3.12. The van der Waals surface area contributed by atoms with E-state index in [0.717, 1.165) is 13.8 Å². The fourth-order valence-electron chi connectivity index (χ4n) is 0.549. The Balaban J connectivity index is 4.99. The van der Waals surface area contributed by atoms with Crippen molar-refractivity contribution in [2.45, 2.75) is 25.9 Å². The molecule has 0 heterocycles. The number of hydrogen-bond donors (Lipinski definition) is 1. The van der Waals surface area contributed by atoms with E-state index >= 15 is 0 Å². The van der Waals surface area contributed by atoms with Gasteiger partial charge in [0.25, 0.3) is 0 Å². The van der Waals surface area contributed by atoms with Crippen LogP contribution in [0.1, 0.15) is 20.8 Å². The van der Waals surface area contributed by atoms with E-state index in [9.17, 15) is 14.2 Å². The van der Waals surface area contributed by atoms with Crippen molar-refractivity contribution in [3.8, 4) is 0 Å². The zero-order chi connectivity index (χ0) is 9.23. The lowest BCUT2D eigenvalue weighted by atomic mass is 10.0. The lowest BCUT2D eigenvalue weighted by molar-refractivity contribution is -0.128. The van der Waals surface area contributed by atoms with Crippen LogP contribution in [0.5, 0.6) is 0 Å². The van der Waals surface area contributed by atoms with Crippen LogP contribution in [0.3, 0.4) is 0 Å².